The van der Waals surface area contributed by atoms with Gasteiger partial charge in [0.2, 0.25) is 0 Å². The van der Waals surface area contributed by atoms with Gasteiger partial charge in [-0.2, -0.15) is 0 Å². The molecule has 7 heteroatoms. The van der Waals surface area contributed by atoms with Crippen LogP contribution < -0.4 is 14.8 Å². The molecule has 0 aliphatic rings. The van der Waals surface area contributed by atoms with Gasteiger partial charge in [0.25, 0.3) is 0 Å². The fourth-order valence-corrected chi connectivity index (χ4v) is 3.08. The van der Waals surface area contributed by atoms with Crippen molar-refractivity contribution in [2.45, 2.75) is 33.1 Å². The number of aryl methyl sites for hydroxylation is 1. The molecule has 1 heterocycles. The Hall–Kier alpha value is -3.48. The molecule has 0 aliphatic carbocycles. The van der Waals surface area contributed by atoms with Gasteiger partial charge in [-0.15, -0.1) is 0 Å². The van der Waals surface area contributed by atoms with E-state index >= 15 is 0 Å². The molecule has 150 valence electrons. The topological polar surface area (TPSA) is 90.4 Å². The number of fused-ring (bicyclic) bond motifs is 1. The predicted molar refractivity (Wildman–Crippen MR) is 111 cm³/mol. The van der Waals surface area contributed by atoms with Gasteiger partial charge in [0.1, 0.15) is 18.4 Å². The van der Waals surface area contributed by atoms with Crippen molar-refractivity contribution < 1.29 is 19.1 Å². The minimum atomic E-state index is -0.445. The standard InChI is InChI=1S/C22H23N3O4/c1-4-5-6-15-9-17(8-7-16(15)12-26)25-22-18-10-21(29-14(2)27)20(28-3)11-19(18)23-13-24-22/h7-13H,4-6H2,1-3H3,(H,23,24,25). The maximum absolute atomic E-state index is 11.4. The van der Waals surface area contributed by atoms with E-state index in [2.05, 4.69) is 22.2 Å². The van der Waals surface area contributed by atoms with Crippen LogP contribution in [0.3, 0.4) is 0 Å². The summed E-state index contributed by atoms with van der Waals surface area (Å²) in [5.41, 5.74) is 3.14. The monoisotopic (exact) mass is 393 g/mol. The summed E-state index contributed by atoms with van der Waals surface area (Å²) in [7, 11) is 1.50. The van der Waals surface area contributed by atoms with Crippen molar-refractivity contribution in [1.29, 1.82) is 0 Å². The summed E-state index contributed by atoms with van der Waals surface area (Å²) in [6, 6.07) is 8.98. The number of benzene rings is 2. The first-order valence-corrected chi connectivity index (χ1v) is 9.42. The molecule has 0 saturated heterocycles. The number of esters is 1. The Labute approximate surface area is 169 Å². The van der Waals surface area contributed by atoms with Crippen LogP contribution in [0.25, 0.3) is 10.9 Å². The number of nitrogens with one attached hydrogen (secondary N) is 1. The Kier molecular flexibility index (Phi) is 6.39. The van der Waals surface area contributed by atoms with Crippen molar-refractivity contribution in [1.82, 2.24) is 9.97 Å². The van der Waals surface area contributed by atoms with Gasteiger partial charge in [0.05, 0.1) is 12.6 Å². The van der Waals surface area contributed by atoms with E-state index in [9.17, 15) is 9.59 Å². The first-order chi connectivity index (χ1) is 14.0. The summed E-state index contributed by atoms with van der Waals surface area (Å²) < 4.78 is 10.6. The number of rotatable bonds is 8. The first-order valence-electron chi connectivity index (χ1n) is 9.42. The van der Waals surface area contributed by atoms with Crippen LogP contribution in [0.5, 0.6) is 11.5 Å². The molecule has 0 unspecified atom stereocenters. The molecule has 0 saturated carbocycles. The molecule has 3 rings (SSSR count). The average Bonchev–Trinajstić information content (AvgIpc) is 2.72. The normalized spacial score (nSPS) is 10.6. The molecule has 1 aromatic heterocycles. The number of nitrogens with zero attached hydrogens (tertiary/aromatic N) is 2. The van der Waals surface area contributed by atoms with Crippen molar-refractivity contribution in [3.8, 4) is 11.5 Å². The van der Waals surface area contributed by atoms with Crippen molar-refractivity contribution in [3.63, 3.8) is 0 Å². The van der Waals surface area contributed by atoms with Gasteiger partial charge in [-0.25, -0.2) is 9.97 Å². The third-order valence-electron chi connectivity index (χ3n) is 4.51. The number of aldehydes is 1. The summed E-state index contributed by atoms with van der Waals surface area (Å²) >= 11 is 0. The lowest BCUT2D eigenvalue weighted by molar-refractivity contribution is -0.132. The second-order valence-corrected chi connectivity index (χ2v) is 6.60. The van der Waals surface area contributed by atoms with Gasteiger partial charge >= 0.3 is 5.97 Å². The van der Waals surface area contributed by atoms with Crippen LogP contribution in [0.15, 0.2) is 36.7 Å². The molecule has 0 atom stereocenters. The van der Waals surface area contributed by atoms with E-state index in [0.29, 0.717) is 33.8 Å². The summed E-state index contributed by atoms with van der Waals surface area (Å²) in [5.74, 6) is 0.824. The minimum Gasteiger partial charge on any atom is -0.493 e. The highest BCUT2D eigenvalue weighted by Gasteiger charge is 2.14. The highest BCUT2D eigenvalue weighted by atomic mass is 16.6. The van der Waals surface area contributed by atoms with Gasteiger partial charge in [-0.3, -0.25) is 9.59 Å². The summed E-state index contributed by atoms with van der Waals surface area (Å²) in [6.45, 7) is 3.45. The van der Waals surface area contributed by atoms with Gasteiger partial charge < -0.3 is 14.8 Å². The Morgan fingerprint density at radius 3 is 2.69 bits per heavy atom. The molecule has 3 aromatic rings. The fraction of sp³-hybridized carbons (Fsp3) is 0.273. The van der Waals surface area contributed by atoms with Crippen LogP contribution in [-0.4, -0.2) is 29.3 Å². The van der Waals surface area contributed by atoms with E-state index in [1.54, 1.807) is 18.2 Å². The van der Waals surface area contributed by atoms with Crippen LogP contribution >= 0.6 is 0 Å². The maximum Gasteiger partial charge on any atom is 0.308 e. The molecule has 0 bridgehead atoms. The molecule has 1 N–H and O–H groups in total. The zero-order valence-corrected chi connectivity index (χ0v) is 16.7. The molecule has 7 nitrogen and oxygen atoms in total. The zero-order chi connectivity index (χ0) is 20.8. The zero-order valence-electron chi connectivity index (χ0n) is 16.7. The Morgan fingerprint density at radius 1 is 1.17 bits per heavy atom. The number of anilines is 2. The highest BCUT2D eigenvalue weighted by molar-refractivity contribution is 5.93. The Balaban J connectivity index is 2.01. The predicted octanol–water partition coefficient (Wildman–Crippen LogP) is 4.46. The van der Waals surface area contributed by atoms with Gasteiger partial charge in [-0.1, -0.05) is 13.3 Å². The number of hydrogen-bond acceptors (Lipinski definition) is 7. The molecule has 0 amide bonds. The van der Waals surface area contributed by atoms with Crippen molar-refractivity contribution in [2.24, 2.45) is 0 Å². The molecule has 0 aliphatic heterocycles. The van der Waals surface area contributed by atoms with Gasteiger partial charge in [-0.05, 0) is 42.7 Å². The molecule has 0 radical (unpaired) electrons. The number of ether oxygens (including phenoxy) is 2. The third-order valence-corrected chi connectivity index (χ3v) is 4.51. The number of aromatic nitrogens is 2. The fourth-order valence-electron chi connectivity index (χ4n) is 3.08. The largest absolute Gasteiger partial charge is 0.493 e. The smallest absolute Gasteiger partial charge is 0.308 e. The molecule has 2 aromatic carbocycles. The lowest BCUT2D eigenvalue weighted by Gasteiger charge is -2.13. The minimum absolute atomic E-state index is 0.297. The summed E-state index contributed by atoms with van der Waals surface area (Å²) in [5, 5.41) is 3.96. The van der Waals surface area contributed by atoms with E-state index in [0.717, 1.165) is 36.8 Å². The second-order valence-electron chi connectivity index (χ2n) is 6.60. The van der Waals surface area contributed by atoms with Crippen molar-refractivity contribution >= 4 is 34.7 Å². The number of hydrogen-bond donors (Lipinski definition) is 1. The summed E-state index contributed by atoms with van der Waals surface area (Å²) in [4.78, 5) is 31.4. The summed E-state index contributed by atoms with van der Waals surface area (Å²) in [6.07, 6.45) is 5.22. The molecular weight excluding hydrogens is 370 g/mol. The lowest BCUT2D eigenvalue weighted by Crippen LogP contribution is -2.04. The van der Waals surface area contributed by atoms with Crippen LogP contribution in [0, 0.1) is 0 Å². The average molecular weight is 393 g/mol. The number of methoxy groups -OCH3 is 1. The highest BCUT2D eigenvalue weighted by Crippen LogP contribution is 2.35. The Morgan fingerprint density at radius 2 is 2.00 bits per heavy atom. The van der Waals surface area contributed by atoms with E-state index in [-0.39, 0.29) is 0 Å². The lowest BCUT2D eigenvalue weighted by atomic mass is 10.0. The van der Waals surface area contributed by atoms with Gasteiger partial charge in [0, 0.05) is 29.6 Å². The second kappa shape index (κ2) is 9.14. The molecular formula is C22H23N3O4. The van der Waals surface area contributed by atoms with E-state index < -0.39 is 5.97 Å². The van der Waals surface area contributed by atoms with Crippen molar-refractivity contribution in [3.05, 3.63) is 47.8 Å². The number of carbonyl (C=O) groups is 2. The van der Waals surface area contributed by atoms with Crippen LogP contribution in [0.2, 0.25) is 0 Å². The maximum atomic E-state index is 11.4. The van der Waals surface area contributed by atoms with Crippen molar-refractivity contribution in [2.75, 3.05) is 12.4 Å². The molecule has 29 heavy (non-hydrogen) atoms. The van der Waals surface area contributed by atoms with E-state index in [1.807, 2.05) is 12.1 Å². The van der Waals surface area contributed by atoms with E-state index in [1.165, 1.54) is 20.4 Å². The van der Waals surface area contributed by atoms with Crippen LogP contribution in [0.4, 0.5) is 11.5 Å². The van der Waals surface area contributed by atoms with Crippen LogP contribution in [-0.2, 0) is 11.2 Å². The quantitative estimate of drug-likeness (QED) is 0.343. The Bertz CT molecular complexity index is 1050. The molecule has 0 fully saturated rings. The first kappa shape index (κ1) is 20.3. The molecule has 0 spiro atoms. The van der Waals surface area contributed by atoms with E-state index in [4.69, 9.17) is 9.47 Å². The third kappa shape index (κ3) is 4.68. The van der Waals surface area contributed by atoms with Crippen LogP contribution in [0.1, 0.15) is 42.6 Å². The number of carbonyl (C=O) groups excluding carboxylic acids is 2. The SMILES string of the molecule is CCCCc1cc(Nc2ncnc3cc(OC)c(OC(C)=O)cc23)ccc1C=O. The number of unbranched alkanes of at least 4 members (excludes halogenated alkanes) is 1. The van der Waals surface area contributed by atoms with Gasteiger partial charge in [0.15, 0.2) is 11.5 Å².